The highest BCUT2D eigenvalue weighted by Crippen LogP contribution is 2.36. The highest BCUT2D eigenvalue weighted by molar-refractivity contribution is 5.99. The fraction of sp³-hybridized carbons (Fsp3) is 0.435. The quantitative estimate of drug-likeness (QED) is 0.428. The molecule has 2 N–H and O–H groups in total. The molecule has 0 fully saturated rings. The summed E-state index contributed by atoms with van der Waals surface area (Å²) < 4.78 is 0. The lowest BCUT2D eigenvalue weighted by Gasteiger charge is -2.07. The van der Waals surface area contributed by atoms with E-state index in [-0.39, 0.29) is 0 Å². The molecule has 0 bridgehead atoms. The Morgan fingerprint density at radius 2 is 1.92 bits per heavy atom. The van der Waals surface area contributed by atoms with Crippen molar-refractivity contribution in [3.8, 4) is 11.1 Å². The third kappa shape index (κ3) is 3.35. The maximum Gasteiger partial charge on any atom is 0.0701 e. The zero-order valence-corrected chi connectivity index (χ0v) is 16.4. The van der Waals surface area contributed by atoms with Gasteiger partial charge in [0.15, 0.2) is 0 Å². The number of hydrogen-bond acceptors (Lipinski definition) is 1. The second-order valence-corrected chi connectivity index (χ2v) is 6.99. The molecule has 0 aliphatic heterocycles. The van der Waals surface area contributed by atoms with E-state index in [1.54, 1.807) is 0 Å². The van der Waals surface area contributed by atoms with Crippen LogP contribution in [0, 0.1) is 0 Å². The van der Waals surface area contributed by atoms with E-state index in [9.17, 15) is 0 Å². The lowest BCUT2D eigenvalue weighted by atomic mass is 9.96. The Labute approximate surface area is 156 Å². The van der Waals surface area contributed by atoms with Crippen LogP contribution in [0.5, 0.6) is 0 Å². The Hall–Kier alpha value is -2.29. The van der Waals surface area contributed by atoms with Gasteiger partial charge in [0, 0.05) is 27.9 Å². The molecule has 3 heteroatoms. The lowest BCUT2D eigenvalue weighted by molar-refractivity contribution is 0.668. The van der Waals surface area contributed by atoms with E-state index in [4.69, 9.17) is 0 Å². The minimum absolute atomic E-state index is 0.932. The summed E-state index contributed by atoms with van der Waals surface area (Å²) in [7, 11) is 0. The highest BCUT2D eigenvalue weighted by Gasteiger charge is 2.18. The molecule has 3 aromatic rings. The Morgan fingerprint density at radius 3 is 2.62 bits per heavy atom. The summed E-state index contributed by atoms with van der Waals surface area (Å²) in [4.78, 5) is 3.65. The standard InChI is InChI=1S/C23H31N3/c1-5-9-10-11-13-16-17-14-12-15-18(23(17)24-19(16)6-2)22-20(7-3)25-26-21(22)8-4/h6,12,14-15,24H,2,5,7-11,13H2,1,3-4H3,(H,25,26). The first-order valence-corrected chi connectivity index (χ1v) is 10.1. The maximum atomic E-state index is 4.55. The molecule has 0 atom stereocenters. The Balaban J connectivity index is 2.10. The third-order valence-corrected chi connectivity index (χ3v) is 5.33. The molecule has 2 aromatic heterocycles. The summed E-state index contributed by atoms with van der Waals surface area (Å²) in [5.74, 6) is 0. The van der Waals surface area contributed by atoms with Crippen LogP contribution in [-0.4, -0.2) is 15.2 Å². The summed E-state index contributed by atoms with van der Waals surface area (Å²) in [6.45, 7) is 10.6. The third-order valence-electron chi connectivity index (χ3n) is 5.33. The zero-order chi connectivity index (χ0) is 18.5. The van der Waals surface area contributed by atoms with Gasteiger partial charge in [-0.1, -0.05) is 64.8 Å². The zero-order valence-electron chi connectivity index (χ0n) is 16.4. The first kappa shape index (κ1) is 18.5. The Morgan fingerprint density at radius 1 is 1.08 bits per heavy atom. The molecule has 0 saturated heterocycles. The summed E-state index contributed by atoms with van der Waals surface area (Å²) in [5, 5.41) is 9.12. The Bertz CT molecular complexity index is 861. The van der Waals surface area contributed by atoms with Gasteiger partial charge in [-0.2, -0.15) is 5.10 Å². The van der Waals surface area contributed by atoms with Crippen molar-refractivity contribution in [2.75, 3.05) is 0 Å². The average Bonchev–Trinajstić information content (AvgIpc) is 3.25. The Kier molecular flexibility index (Phi) is 5.97. The van der Waals surface area contributed by atoms with E-state index < -0.39 is 0 Å². The predicted octanol–water partition coefficient (Wildman–Crippen LogP) is 6.45. The number of para-hydroxylation sites is 1. The molecule has 0 saturated carbocycles. The molecule has 3 nitrogen and oxygen atoms in total. The van der Waals surface area contributed by atoms with Gasteiger partial charge >= 0.3 is 0 Å². The number of rotatable bonds is 9. The maximum absolute atomic E-state index is 4.55. The number of nitrogens with zero attached hydrogens (tertiary/aromatic N) is 1. The molecule has 0 aliphatic carbocycles. The van der Waals surface area contributed by atoms with Gasteiger partial charge in [0.05, 0.1) is 11.2 Å². The van der Waals surface area contributed by atoms with Crippen molar-refractivity contribution in [3.63, 3.8) is 0 Å². The molecule has 0 amide bonds. The molecule has 138 valence electrons. The monoisotopic (exact) mass is 349 g/mol. The number of nitrogens with one attached hydrogen (secondary N) is 2. The van der Waals surface area contributed by atoms with Crippen molar-refractivity contribution >= 4 is 17.0 Å². The van der Waals surface area contributed by atoms with Crippen LogP contribution in [0.1, 0.15) is 69.1 Å². The first-order chi connectivity index (χ1) is 12.7. The summed E-state index contributed by atoms with van der Waals surface area (Å²) in [5.41, 5.74) is 8.69. The molecule has 0 spiro atoms. The topological polar surface area (TPSA) is 44.5 Å². The van der Waals surface area contributed by atoms with Crippen LogP contribution in [0.15, 0.2) is 24.8 Å². The number of fused-ring (bicyclic) bond motifs is 1. The number of aromatic nitrogens is 3. The van der Waals surface area contributed by atoms with Crippen molar-refractivity contribution < 1.29 is 0 Å². The minimum Gasteiger partial charge on any atom is -0.354 e. The van der Waals surface area contributed by atoms with Crippen LogP contribution >= 0.6 is 0 Å². The van der Waals surface area contributed by atoms with E-state index >= 15 is 0 Å². The van der Waals surface area contributed by atoms with Gasteiger partial charge in [-0.15, -0.1) is 0 Å². The molecule has 1 aromatic carbocycles. The SMILES string of the molecule is C=Cc1[nH]c2c(-c3c(CC)n[nH]c3CC)cccc2c1CCCCCC. The van der Waals surface area contributed by atoms with Crippen molar-refractivity contribution in [1.82, 2.24) is 15.2 Å². The van der Waals surface area contributed by atoms with E-state index in [0.717, 1.165) is 25.0 Å². The smallest absolute Gasteiger partial charge is 0.0701 e. The van der Waals surface area contributed by atoms with Gasteiger partial charge in [0.1, 0.15) is 0 Å². The van der Waals surface area contributed by atoms with E-state index in [1.807, 2.05) is 6.08 Å². The van der Waals surface area contributed by atoms with Crippen LogP contribution < -0.4 is 0 Å². The number of benzene rings is 1. The van der Waals surface area contributed by atoms with Gasteiger partial charge in [-0.05, 0) is 37.3 Å². The first-order valence-electron chi connectivity index (χ1n) is 10.1. The van der Waals surface area contributed by atoms with E-state index in [2.05, 4.69) is 60.7 Å². The van der Waals surface area contributed by atoms with Crippen molar-refractivity contribution in [2.45, 2.75) is 65.7 Å². The van der Waals surface area contributed by atoms with Crippen molar-refractivity contribution in [2.24, 2.45) is 0 Å². The fourth-order valence-electron chi connectivity index (χ4n) is 3.92. The molecule has 2 heterocycles. The normalized spacial score (nSPS) is 11.3. The molecule has 26 heavy (non-hydrogen) atoms. The minimum atomic E-state index is 0.932. The van der Waals surface area contributed by atoms with Gasteiger partial charge in [0.2, 0.25) is 0 Å². The number of unbranched alkanes of at least 4 members (excludes halogenated alkanes) is 3. The van der Waals surface area contributed by atoms with Gasteiger partial charge in [-0.3, -0.25) is 5.10 Å². The van der Waals surface area contributed by atoms with Gasteiger partial charge in [-0.25, -0.2) is 0 Å². The summed E-state index contributed by atoms with van der Waals surface area (Å²) in [6, 6.07) is 6.64. The fourth-order valence-corrected chi connectivity index (χ4v) is 3.92. The van der Waals surface area contributed by atoms with Crippen LogP contribution in [0.25, 0.3) is 28.1 Å². The second kappa shape index (κ2) is 8.39. The average molecular weight is 350 g/mol. The summed E-state index contributed by atoms with van der Waals surface area (Å²) in [6.07, 6.45) is 10.1. The molecule has 0 unspecified atom stereocenters. The number of H-pyrrole nitrogens is 2. The number of aromatic amines is 2. The summed E-state index contributed by atoms with van der Waals surface area (Å²) >= 11 is 0. The highest BCUT2D eigenvalue weighted by atomic mass is 15.1. The van der Waals surface area contributed by atoms with Crippen molar-refractivity contribution in [3.05, 3.63) is 47.4 Å². The largest absolute Gasteiger partial charge is 0.354 e. The van der Waals surface area contributed by atoms with Crippen LogP contribution in [0.2, 0.25) is 0 Å². The molecule has 0 radical (unpaired) electrons. The number of hydrogen-bond donors (Lipinski definition) is 2. The molecule has 0 aliphatic rings. The van der Waals surface area contributed by atoms with Crippen molar-refractivity contribution in [1.29, 1.82) is 0 Å². The predicted molar refractivity (Wildman–Crippen MR) is 113 cm³/mol. The molecular formula is C23H31N3. The van der Waals surface area contributed by atoms with Crippen LogP contribution in [0.4, 0.5) is 0 Å². The van der Waals surface area contributed by atoms with Crippen LogP contribution in [-0.2, 0) is 19.3 Å². The molecular weight excluding hydrogens is 318 g/mol. The van der Waals surface area contributed by atoms with Crippen LogP contribution in [0.3, 0.4) is 0 Å². The lowest BCUT2D eigenvalue weighted by Crippen LogP contribution is -1.90. The second-order valence-electron chi connectivity index (χ2n) is 6.99. The van der Waals surface area contributed by atoms with Gasteiger partial charge in [0.25, 0.3) is 0 Å². The van der Waals surface area contributed by atoms with E-state index in [1.165, 1.54) is 64.7 Å². The molecule has 3 rings (SSSR count). The number of aryl methyl sites for hydroxylation is 3. The van der Waals surface area contributed by atoms with E-state index in [0.29, 0.717) is 0 Å². The van der Waals surface area contributed by atoms with Gasteiger partial charge < -0.3 is 4.98 Å².